The van der Waals surface area contributed by atoms with E-state index in [9.17, 15) is 4.21 Å². The van der Waals surface area contributed by atoms with Crippen molar-refractivity contribution in [3.63, 3.8) is 0 Å². The number of nitrogens with one attached hydrogen (secondary N) is 1. The summed E-state index contributed by atoms with van der Waals surface area (Å²) in [5.41, 5.74) is 2.36. The molecule has 1 aliphatic heterocycles. The summed E-state index contributed by atoms with van der Waals surface area (Å²) in [4.78, 5) is 0.484. The van der Waals surface area contributed by atoms with Crippen molar-refractivity contribution in [2.45, 2.75) is 18.0 Å². The molecule has 0 aliphatic carbocycles. The average molecular weight is 183 g/mol. The van der Waals surface area contributed by atoms with Gasteiger partial charge in [0.15, 0.2) is 11.1 Å². The standard InChI is InChI=1S/C8H9NO2S/c10-12(11)8-2-1-6-4-9-5-7(6)3-8/h1-3,9H,4-5H2,(H,10,11). The van der Waals surface area contributed by atoms with Crippen molar-refractivity contribution < 1.29 is 8.76 Å². The first-order chi connectivity index (χ1) is 5.77. The maximum Gasteiger partial charge on any atom is 0.186 e. The minimum Gasteiger partial charge on any atom is -0.309 e. The minimum atomic E-state index is -1.85. The van der Waals surface area contributed by atoms with E-state index < -0.39 is 11.1 Å². The van der Waals surface area contributed by atoms with Crippen LogP contribution in [0.5, 0.6) is 0 Å². The molecule has 1 aliphatic rings. The molecule has 0 bridgehead atoms. The molecule has 0 fully saturated rings. The van der Waals surface area contributed by atoms with Crippen molar-refractivity contribution in [1.29, 1.82) is 0 Å². The second-order valence-corrected chi connectivity index (χ2v) is 3.75. The zero-order chi connectivity index (χ0) is 8.55. The highest BCUT2D eigenvalue weighted by Gasteiger charge is 2.11. The third kappa shape index (κ3) is 1.29. The van der Waals surface area contributed by atoms with Crippen LogP contribution in [0.4, 0.5) is 0 Å². The highest BCUT2D eigenvalue weighted by atomic mass is 32.2. The first kappa shape index (κ1) is 7.91. The lowest BCUT2D eigenvalue weighted by molar-refractivity contribution is 0.564. The Labute approximate surface area is 73.1 Å². The minimum absolute atomic E-state index is 0.484. The van der Waals surface area contributed by atoms with Gasteiger partial charge in [-0.2, -0.15) is 0 Å². The summed E-state index contributed by atoms with van der Waals surface area (Å²) in [6.45, 7) is 1.67. The van der Waals surface area contributed by atoms with Crippen molar-refractivity contribution in [2.24, 2.45) is 0 Å². The van der Waals surface area contributed by atoms with Crippen LogP contribution in [-0.4, -0.2) is 8.76 Å². The Kier molecular flexibility index (Phi) is 1.96. The summed E-state index contributed by atoms with van der Waals surface area (Å²) in [5.74, 6) is 0. The van der Waals surface area contributed by atoms with Crippen LogP contribution in [0.15, 0.2) is 23.1 Å². The van der Waals surface area contributed by atoms with Gasteiger partial charge >= 0.3 is 0 Å². The highest BCUT2D eigenvalue weighted by molar-refractivity contribution is 7.79. The Bertz CT molecular complexity index is 338. The molecule has 1 atom stereocenters. The van der Waals surface area contributed by atoms with E-state index in [1.54, 1.807) is 12.1 Å². The molecule has 12 heavy (non-hydrogen) atoms. The lowest BCUT2D eigenvalue weighted by atomic mass is 10.1. The fourth-order valence-corrected chi connectivity index (χ4v) is 1.81. The van der Waals surface area contributed by atoms with E-state index in [1.807, 2.05) is 6.07 Å². The Morgan fingerprint density at radius 2 is 2.08 bits per heavy atom. The van der Waals surface area contributed by atoms with Crippen molar-refractivity contribution in [1.82, 2.24) is 5.32 Å². The molecule has 1 aromatic rings. The molecule has 0 saturated carbocycles. The molecule has 4 heteroatoms. The lowest BCUT2D eigenvalue weighted by Crippen LogP contribution is -1.99. The molecule has 0 radical (unpaired) electrons. The second kappa shape index (κ2) is 2.97. The van der Waals surface area contributed by atoms with E-state index in [2.05, 4.69) is 5.32 Å². The third-order valence-electron chi connectivity index (χ3n) is 2.01. The number of hydrogen-bond donors (Lipinski definition) is 2. The summed E-state index contributed by atoms with van der Waals surface area (Å²) in [6, 6.07) is 5.38. The maximum atomic E-state index is 10.7. The van der Waals surface area contributed by atoms with Gasteiger partial charge in [0, 0.05) is 13.1 Å². The molecular formula is C8H9NO2S. The van der Waals surface area contributed by atoms with Gasteiger partial charge in [-0.1, -0.05) is 6.07 Å². The Morgan fingerprint density at radius 3 is 2.83 bits per heavy atom. The normalized spacial score (nSPS) is 17.4. The van der Waals surface area contributed by atoms with E-state index in [0.29, 0.717) is 4.90 Å². The van der Waals surface area contributed by atoms with Gasteiger partial charge in [0.2, 0.25) is 0 Å². The second-order valence-electron chi connectivity index (χ2n) is 2.78. The van der Waals surface area contributed by atoms with E-state index >= 15 is 0 Å². The first-order valence-electron chi connectivity index (χ1n) is 3.71. The van der Waals surface area contributed by atoms with Crippen LogP contribution in [0.25, 0.3) is 0 Å². The Hall–Kier alpha value is -0.710. The quantitative estimate of drug-likeness (QED) is 0.635. The molecule has 0 aromatic heterocycles. The number of benzene rings is 1. The van der Waals surface area contributed by atoms with E-state index in [1.165, 1.54) is 5.56 Å². The van der Waals surface area contributed by atoms with Gasteiger partial charge < -0.3 is 9.87 Å². The van der Waals surface area contributed by atoms with Crippen LogP contribution < -0.4 is 5.32 Å². The molecular weight excluding hydrogens is 174 g/mol. The van der Waals surface area contributed by atoms with E-state index in [0.717, 1.165) is 18.7 Å². The van der Waals surface area contributed by atoms with Crippen molar-refractivity contribution in [3.05, 3.63) is 29.3 Å². The molecule has 64 valence electrons. The van der Waals surface area contributed by atoms with Crippen LogP contribution in [0.1, 0.15) is 11.1 Å². The van der Waals surface area contributed by atoms with Crippen molar-refractivity contribution in [3.8, 4) is 0 Å². The number of rotatable bonds is 1. The molecule has 3 nitrogen and oxygen atoms in total. The number of fused-ring (bicyclic) bond motifs is 1. The summed E-state index contributed by atoms with van der Waals surface area (Å²) in [6.07, 6.45) is 0. The lowest BCUT2D eigenvalue weighted by Gasteiger charge is -1.98. The number of hydrogen-bond acceptors (Lipinski definition) is 2. The summed E-state index contributed by atoms with van der Waals surface area (Å²) in [7, 11) is 0. The van der Waals surface area contributed by atoms with Gasteiger partial charge in [0.05, 0.1) is 4.90 Å². The van der Waals surface area contributed by atoms with Crippen LogP contribution in [0.3, 0.4) is 0 Å². The van der Waals surface area contributed by atoms with Gasteiger partial charge in [0.25, 0.3) is 0 Å². The van der Waals surface area contributed by atoms with Gasteiger partial charge in [-0.3, -0.25) is 0 Å². The molecule has 2 N–H and O–H groups in total. The van der Waals surface area contributed by atoms with E-state index in [4.69, 9.17) is 4.55 Å². The molecule has 0 saturated heterocycles. The Morgan fingerprint density at radius 1 is 1.33 bits per heavy atom. The molecule has 1 aromatic carbocycles. The fourth-order valence-electron chi connectivity index (χ4n) is 1.38. The molecule has 0 amide bonds. The summed E-state index contributed by atoms with van der Waals surface area (Å²) < 4.78 is 19.5. The van der Waals surface area contributed by atoms with Gasteiger partial charge in [-0.05, 0) is 23.3 Å². The predicted octanol–water partition coefficient (Wildman–Crippen LogP) is 0.870. The average Bonchev–Trinajstić information content (AvgIpc) is 2.49. The maximum absolute atomic E-state index is 10.7. The Balaban J connectivity index is 2.45. The van der Waals surface area contributed by atoms with Crippen LogP contribution in [0.2, 0.25) is 0 Å². The van der Waals surface area contributed by atoms with Crippen LogP contribution in [0, 0.1) is 0 Å². The largest absolute Gasteiger partial charge is 0.309 e. The molecule has 1 unspecified atom stereocenters. The molecule has 2 rings (SSSR count). The third-order valence-corrected chi connectivity index (χ3v) is 2.67. The zero-order valence-electron chi connectivity index (χ0n) is 6.41. The summed E-state index contributed by atoms with van der Waals surface area (Å²) in [5, 5.41) is 3.17. The molecule has 1 heterocycles. The zero-order valence-corrected chi connectivity index (χ0v) is 7.23. The fraction of sp³-hybridized carbons (Fsp3) is 0.250. The monoisotopic (exact) mass is 183 g/mol. The highest BCUT2D eigenvalue weighted by Crippen LogP contribution is 2.18. The van der Waals surface area contributed by atoms with Crippen LogP contribution >= 0.6 is 0 Å². The molecule has 0 spiro atoms. The van der Waals surface area contributed by atoms with Gasteiger partial charge in [-0.15, -0.1) is 0 Å². The summed E-state index contributed by atoms with van der Waals surface area (Å²) >= 11 is -1.85. The predicted molar refractivity (Wildman–Crippen MR) is 46.0 cm³/mol. The smallest absolute Gasteiger partial charge is 0.186 e. The van der Waals surface area contributed by atoms with Crippen molar-refractivity contribution >= 4 is 11.1 Å². The van der Waals surface area contributed by atoms with Crippen molar-refractivity contribution in [2.75, 3.05) is 0 Å². The van der Waals surface area contributed by atoms with Gasteiger partial charge in [0.1, 0.15) is 0 Å². The van der Waals surface area contributed by atoms with E-state index in [-0.39, 0.29) is 0 Å². The SMILES string of the molecule is O=S(O)c1ccc2c(c1)CNC2. The van der Waals surface area contributed by atoms with Crippen LogP contribution in [-0.2, 0) is 24.2 Å². The first-order valence-corrected chi connectivity index (χ1v) is 4.81. The topological polar surface area (TPSA) is 49.3 Å². The van der Waals surface area contributed by atoms with Gasteiger partial charge in [-0.25, -0.2) is 4.21 Å².